The lowest BCUT2D eigenvalue weighted by Gasteiger charge is -2.39. The van der Waals surface area contributed by atoms with E-state index in [1.807, 2.05) is 6.92 Å². The van der Waals surface area contributed by atoms with Gasteiger partial charge in [0.25, 0.3) is 0 Å². The highest BCUT2D eigenvalue weighted by Crippen LogP contribution is 2.25. The molecule has 1 saturated carbocycles. The number of hydrogen-bond acceptors (Lipinski definition) is 3. The second-order valence-electron chi connectivity index (χ2n) is 7.52. The zero-order valence-corrected chi connectivity index (χ0v) is 15.2. The molecule has 1 heterocycles. The van der Waals surface area contributed by atoms with Crippen molar-refractivity contribution in [3.05, 3.63) is 30.1 Å². The number of carbonyl (C=O) groups is 1. The third-order valence-corrected chi connectivity index (χ3v) is 5.67. The fourth-order valence-electron chi connectivity index (χ4n) is 4.05. The summed E-state index contributed by atoms with van der Waals surface area (Å²) in [5.41, 5.74) is 0.521. The first-order valence-corrected chi connectivity index (χ1v) is 9.64. The molecule has 1 amide bonds. The fraction of sp³-hybridized carbons (Fsp3) is 0.650. The lowest BCUT2D eigenvalue weighted by atomic mass is 9.89. The van der Waals surface area contributed by atoms with Gasteiger partial charge in [-0.05, 0) is 43.9 Å². The van der Waals surface area contributed by atoms with Crippen LogP contribution in [0.25, 0.3) is 0 Å². The minimum atomic E-state index is -0.332. The van der Waals surface area contributed by atoms with Gasteiger partial charge in [0, 0.05) is 38.4 Å². The van der Waals surface area contributed by atoms with Crippen LogP contribution in [0.5, 0.6) is 0 Å². The summed E-state index contributed by atoms with van der Waals surface area (Å²) < 4.78 is 13.2. The predicted molar refractivity (Wildman–Crippen MR) is 99.1 cm³/mol. The van der Waals surface area contributed by atoms with E-state index in [1.165, 1.54) is 50.8 Å². The van der Waals surface area contributed by atoms with E-state index in [4.69, 9.17) is 0 Å². The largest absolute Gasteiger partial charge is 0.325 e. The molecule has 0 bridgehead atoms. The zero-order valence-electron chi connectivity index (χ0n) is 15.2. The van der Waals surface area contributed by atoms with Gasteiger partial charge in [-0.25, -0.2) is 4.39 Å². The van der Waals surface area contributed by atoms with Gasteiger partial charge in [0.05, 0.1) is 6.04 Å². The molecule has 25 heavy (non-hydrogen) atoms. The summed E-state index contributed by atoms with van der Waals surface area (Å²) in [4.78, 5) is 17.2. The fourth-order valence-corrected chi connectivity index (χ4v) is 4.05. The van der Waals surface area contributed by atoms with Crippen molar-refractivity contribution in [2.45, 2.75) is 45.1 Å². The van der Waals surface area contributed by atoms with Crippen molar-refractivity contribution >= 4 is 11.6 Å². The number of carbonyl (C=O) groups excluding carboxylic acids is 1. The highest BCUT2D eigenvalue weighted by atomic mass is 19.1. The molecule has 5 heteroatoms. The Balaban J connectivity index is 1.44. The van der Waals surface area contributed by atoms with E-state index in [2.05, 4.69) is 15.1 Å². The molecular formula is C20H30FN3O. The Hall–Kier alpha value is -1.46. The van der Waals surface area contributed by atoms with Gasteiger partial charge < -0.3 is 10.2 Å². The van der Waals surface area contributed by atoms with Gasteiger partial charge in [-0.3, -0.25) is 9.69 Å². The van der Waals surface area contributed by atoms with Crippen LogP contribution in [0.2, 0.25) is 0 Å². The number of nitrogens with zero attached hydrogens (tertiary/aromatic N) is 2. The zero-order chi connectivity index (χ0) is 17.6. The van der Waals surface area contributed by atoms with Crippen LogP contribution in [0.15, 0.2) is 24.3 Å². The predicted octanol–water partition coefficient (Wildman–Crippen LogP) is 3.35. The molecule has 0 radical (unpaired) electrons. The van der Waals surface area contributed by atoms with Crippen LogP contribution >= 0.6 is 0 Å². The molecule has 1 aliphatic heterocycles. The molecule has 0 aromatic heterocycles. The molecule has 1 aliphatic carbocycles. The molecule has 1 N–H and O–H groups in total. The molecule has 1 atom stereocenters. The SMILES string of the molecule is CC(C(=O)Nc1cccc(F)c1)N1CCN(CC2CCCCC2)CC1. The van der Waals surface area contributed by atoms with Gasteiger partial charge in [-0.1, -0.05) is 25.3 Å². The number of anilines is 1. The van der Waals surface area contributed by atoms with Crippen LogP contribution in [0, 0.1) is 11.7 Å². The number of piperazine rings is 1. The van der Waals surface area contributed by atoms with E-state index in [1.54, 1.807) is 12.1 Å². The van der Waals surface area contributed by atoms with Crippen LogP contribution in [0.4, 0.5) is 10.1 Å². The van der Waals surface area contributed by atoms with E-state index >= 15 is 0 Å². The smallest absolute Gasteiger partial charge is 0.241 e. The van der Waals surface area contributed by atoms with Gasteiger partial charge in [0.15, 0.2) is 0 Å². The van der Waals surface area contributed by atoms with Gasteiger partial charge in [0.1, 0.15) is 5.82 Å². The molecule has 1 unspecified atom stereocenters. The number of benzene rings is 1. The first-order chi connectivity index (χ1) is 12.1. The van der Waals surface area contributed by atoms with Gasteiger partial charge >= 0.3 is 0 Å². The summed E-state index contributed by atoms with van der Waals surface area (Å²) >= 11 is 0. The quantitative estimate of drug-likeness (QED) is 0.887. The van der Waals surface area contributed by atoms with Crippen molar-refractivity contribution in [3.8, 4) is 0 Å². The van der Waals surface area contributed by atoms with E-state index < -0.39 is 0 Å². The van der Waals surface area contributed by atoms with Gasteiger partial charge in [-0.15, -0.1) is 0 Å². The summed E-state index contributed by atoms with van der Waals surface area (Å²) in [6.45, 7) is 7.07. The average Bonchev–Trinajstić information content (AvgIpc) is 2.62. The summed E-state index contributed by atoms with van der Waals surface area (Å²) in [5, 5.41) is 2.82. The molecule has 1 aromatic carbocycles. The Morgan fingerprint density at radius 3 is 2.60 bits per heavy atom. The van der Waals surface area contributed by atoms with Crippen molar-refractivity contribution in [3.63, 3.8) is 0 Å². The molecule has 1 saturated heterocycles. The van der Waals surface area contributed by atoms with Crippen molar-refractivity contribution in [2.24, 2.45) is 5.92 Å². The monoisotopic (exact) mass is 347 g/mol. The number of rotatable bonds is 5. The molecule has 4 nitrogen and oxygen atoms in total. The Labute approximate surface area is 150 Å². The van der Waals surface area contributed by atoms with Crippen LogP contribution in [0.1, 0.15) is 39.0 Å². The molecular weight excluding hydrogens is 317 g/mol. The van der Waals surface area contributed by atoms with Crippen LogP contribution in [-0.4, -0.2) is 54.5 Å². The Morgan fingerprint density at radius 1 is 1.20 bits per heavy atom. The first kappa shape index (κ1) is 18.3. The minimum absolute atomic E-state index is 0.0636. The average molecular weight is 347 g/mol. The maximum atomic E-state index is 13.2. The molecule has 0 spiro atoms. The second-order valence-corrected chi connectivity index (χ2v) is 7.52. The lowest BCUT2D eigenvalue weighted by Crippen LogP contribution is -2.53. The van der Waals surface area contributed by atoms with E-state index in [9.17, 15) is 9.18 Å². The molecule has 2 aliphatic rings. The van der Waals surface area contributed by atoms with Crippen molar-refractivity contribution in [1.29, 1.82) is 0 Å². The number of amides is 1. The first-order valence-electron chi connectivity index (χ1n) is 9.64. The minimum Gasteiger partial charge on any atom is -0.325 e. The van der Waals surface area contributed by atoms with Crippen LogP contribution in [-0.2, 0) is 4.79 Å². The van der Waals surface area contributed by atoms with Gasteiger partial charge in [-0.2, -0.15) is 0 Å². The van der Waals surface area contributed by atoms with Crippen molar-refractivity contribution in [2.75, 3.05) is 38.0 Å². The number of hydrogen-bond donors (Lipinski definition) is 1. The van der Waals surface area contributed by atoms with E-state index in [-0.39, 0.29) is 17.8 Å². The third kappa shape index (κ3) is 5.25. The summed E-state index contributed by atoms with van der Waals surface area (Å²) in [7, 11) is 0. The summed E-state index contributed by atoms with van der Waals surface area (Å²) in [6.07, 6.45) is 6.95. The lowest BCUT2D eigenvalue weighted by molar-refractivity contribution is -0.121. The Kier molecular flexibility index (Phi) is 6.43. The maximum Gasteiger partial charge on any atom is 0.241 e. The van der Waals surface area contributed by atoms with Gasteiger partial charge in [0.2, 0.25) is 5.91 Å². The van der Waals surface area contributed by atoms with E-state index in [0.29, 0.717) is 5.69 Å². The van der Waals surface area contributed by atoms with E-state index in [0.717, 1.165) is 32.1 Å². The molecule has 138 valence electrons. The normalized spacial score (nSPS) is 21.8. The molecule has 3 rings (SSSR count). The van der Waals surface area contributed by atoms with Crippen molar-refractivity contribution < 1.29 is 9.18 Å². The standard InChI is InChI=1S/C20H30FN3O/c1-16(20(25)22-19-9-5-8-18(21)14-19)24-12-10-23(11-13-24)15-17-6-3-2-4-7-17/h5,8-9,14,16-17H,2-4,6-7,10-13,15H2,1H3,(H,22,25). The Morgan fingerprint density at radius 2 is 1.92 bits per heavy atom. The summed E-state index contributed by atoms with van der Waals surface area (Å²) in [6, 6.07) is 5.87. The maximum absolute atomic E-state index is 13.2. The Bertz CT molecular complexity index is 566. The molecule has 2 fully saturated rings. The van der Waals surface area contributed by atoms with Crippen LogP contribution in [0.3, 0.4) is 0 Å². The topological polar surface area (TPSA) is 35.6 Å². The van der Waals surface area contributed by atoms with Crippen LogP contribution < -0.4 is 5.32 Å². The second kappa shape index (κ2) is 8.77. The third-order valence-electron chi connectivity index (χ3n) is 5.67. The number of nitrogens with one attached hydrogen (secondary N) is 1. The molecule has 1 aromatic rings. The van der Waals surface area contributed by atoms with Crippen molar-refractivity contribution in [1.82, 2.24) is 9.80 Å². The highest BCUT2D eigenvalue weighted by Gasteiger charge is 2.27. The number of halogens is 1. The summed E-state index contributed by atoms with van der Waals surface area (Å²) in [5.74, 6) is 0.474. The highest BCUT2D eigenvalue weighted by molar-refractivity contribution is 5.94.